The first-order valence-corrected chi connectivity index (χ1v) is 10.4. The molecule has 0 unspecified atom stereocenters. The Hall–Kier alpha value is -2.00. The minimum atomic E-state index is -3.75. The lowest BCUT2D eigenvalue weighted by molar-refractivity contribution is -0.309. The molecule has 1 heterocycles. The lowest BCUT2D eigenvalue weighted by Gasteiger charge is -2.32. The van der Waals surface area contributed by atoms with E-state index in [1.165, 1.54) is 16.4 Å². The third-order valence-electron chi connectivity index (χ3n) is 5.04. The van der Waals surface area contributed by atoms with Crippen LogP contribution in [0.4, 0.5) is 4.39 Å². The van der Waals surface area contributed by atoms with Gasteiger partial charge in [-0.15, -0.1) is 0 Å². The first-order valence-electron chi connectivity index (χ1n) is 8.93. The molecule has 1 aromatic carbocycles. The summed E-state index contributed by atoms with van der Waals surface area (Å²) in [7, 11) is -3.75. The molecule has 1 fully saturated rings. The topological polar surface area (TPSA) is 107 Å². The first-order chi connectivity index (χ1) is 12.7. The van der Waals surface area contributed by atoms with Crippen LogP contribution in [0.3, 0.4) is 0 Å². The zero-order chi connectivity index (χ0) is 20.2. The molecule has 1 aliphatic heterocycles. The number of benzene rings is 1. The molecule has 2 rings (SSSR count). The molecule has 0 aliphatic carbocycles. The zero-order valence-corrected chi connectivity index (χ0v) is 16.2. The van der Waals surface area contributed by atoms with Crippen molar-refractivity contribution in [1.29, 1.82) is 0 Å². The molecule has 27 heavy (non-hydrogen) atoms. The standard InChI is InChI=1S/C18H25FN2O5S/c1-3-12(2)16(18(23)24)20-17(22)13-8-10-21(11-9-13)27(25,26)15-6-4-14(19)5-7-15/h4-7,12-13,16H,3,8-11H2,1-2H3,(H,20,22)(H,23,24)/p-1/t12-,16+/m1/s1. The van der Waals surface area contributed by atoms with E-state index in [9.17, 15) is 27.5 Å². The number of halogens is 1. The van der Waals surface area contributed by atoms with Crippen LogP contribution in [0.2, 0.25) is 0 Å². The summed E-state index contributed by atoms with van der Waals surface area (Å²) in [6, 6.07) is 3.52. The number of carboxylic acid groups (broad SMARTS) is 1. The number of carbonyl (C=O) groups is 2. The van der Waals surface area contributed by atoms with Gasteiger partial charge in [-0.05, 0) is 43.0 Å². The third kappa shape index (κ3) is 5.04. The van der Waals surface area contributed by atoms with E-state index in [0.717, 1.165) is 12.1 Å². The van der Waals surface area contributed by atoms with Crippen LogP contribution in [0.5, 0.6) is 0 Å². The highest BCUT2D eigenvalue weighted by Crippen LogP contribution is 2.24. The number of carbonyl (C=O) groups excluding carboxylic acids is 2. The predicted octanol–water partition coefficient (Wildman–Crippen LogP) is 0.507. The Kier molecular flexibility index (Phi) is 6.94. The molecule has 1 aromatic rings. The van der Waals surface area contributed by atoms with Crippen LogP contribution in [0.25, 0.3) is 0 Å². The van der Waals surface area contributed by atoms with Crippen LogP contribution in [0, 0.1) is 17.7 Å². The number of aliphatic carboxylic acids is 1. The summed E-state index contributed by atoms with van der Waals surface area (Å²) in [5, 5.41) is 13.8. The van der Waals surface area contributed by atoms with Gasteiger partial charge in [0, 0.05) is 19.0 Å². The van der Waals surface area contributed by atoms with Gasteiger partial charge in [-0.3, -0.25) is 4.79 Å². The minimum absolute atomic E-state index is 0.000544. The fourth-order valence-electron chi connectivity index (χ4n) is 3.05. The fraction of sp³-hybridized carbons (Fsp3) is 0.556. The second-order valence-corrected chi connectivity index (χ2v) is 8.76. The molecule has 7 nitrogen and oxygen atoms in total. The average Bonchev–Trinajstić information content (AvgIpc) is 2.65. The second-order valence-electron chi connectivity index (χ2n) is 6.82. The predicted molar refractivity (Wildman–Crippen MR) is 94.3 cm³/mol. The maximum atomic E-state index is 13.0. The summed E-state index contributed by atoms with van der Waals surface area (Å²) in [5.41, 5.74) is 0. The Morgan fingerprint density at radius 1 is 1.26 bits per heavy atom. The summed E-state index contributed by atoms with van der Waals surface area (Å²) in [6.45, 7) is 3.82. The van der Waals surface area contributed by atoms with Crippen LogP contribution < -0.4 is 10.4 Å². The van der Waals surface area contributed by atoms with Crippen LogP contribution in [-0.2, 0) is 19.6 Å². The molecule has 150 valence electrons. The normalized spacial score (nSPS) is 18.6. The molecule has 0 radical (unpaired) electrons. The molecular formula is C18H24FN2O5S-. The van der Waals surface area contributed by atoms with Crippen molar-refractivity contribution in [2.45, 2.75) is 44.0 Å². The number of hydrogen-bond donors (Lipinski definition) is 1. The quantitative estimate of drug-likeness (QED) is 0.719. The van der Waals surface area contributed by atoms with Crippen molar-refractivity contribution in [3.63, 3.8) is 0 Å². The molecule has 0 bridgehead atoms. The van der Waals surface area contributed by atoms with Gasteiger partial charge in [0.15, 0.2) is 0 Å². The largest absolute Gasteiger partial charge is 0.548 e. The van der Waals surface area contributed by atoms with Crippen molar-refractivity contribution in [2.24, 2.45) is 11.8 Å². The monoisotopic (exact) mass is 399 g/mol. The summed E-state index contributed by atoms with van der Waals surface area (Å²) in [4.78, 5) is 23.6. The van der Waals surface area contributed by atoms with E-state index in [0.29, 0.717) is 6.42 Å². The molecular weight excluding hydrogens is 375 g/mol. The lowest BCUT2D eigenvalue weighted by atomic mass is 9.94. The van der Waals surface area contributed by atoms with Gasteiger partial charge in [0.1, 0.15) is 5.82 Å². The van der Waals surface area contributed by atoms with Gasteiger partial charge in [0.05, 0.1) is 16.9 Å². The highest BCUT2D eigenvalue weighted by molar-refractivity contribution is 7.89. The number of rotatable bonds is 7. The van der Waals surface area contributed by atoms with Gasteiger partial charge in [-0.1, -0.05) is 20.3 Å². The van der Waals surface area contributed by atoms with Crippen LogP contribution in [0.1, 0.15) is 33.1 Å². The molecule has 0 spiro atoms. The van der Waals surface area contributed by atoms with E-state index >= 15 is 0 Å². The van der Waals surface area contributed by atoms with E-state index in [1.54, 1.807) is 6.92 Å². The van der Waals surface area contributed by atoms with Crippen molar-refractivity contribution in [1.82, 2.24) is 9.62 Å². The van der Waals surface area contributed by atoms with E-state index in [1.807, 2.05) is 6.92 Å². The Morgan fingerprint density at radius 2 is 1.81 bits per heavy atom. The summed E-state index contributed by atoms with van der Waals surface area (Å²) in [6.07, 6.45) is 1.15. The maximum Gasteiger partial charge on any atom is 0.243 e. The molecule has 9 heteroatoms. The summed E-state index contributed by atoms with van der Waals surface area (Å²) >= 11 is 0. The molecule has 0 saturated carbocycles. The van der Waals surface area contributed by atoms with Crippen molar-refractivity contribution in [2.75, 3.05) is 13.1 Å². The highest BCUT2D eigenvalue weighted by atomic mass is 32.2. The molecule has 0 aromatic heterocycles. The van der Waals surface area contributed by atoms with Gasteiger partial charge in [0.2, 0.25) is 15.9 Å². The molecule has 1 amide bonds. The molecule has 2 atom stereocenters. The summed E-state index contributed by atoms with van der Waals surface area (Å²) < 4.78 is 39.4. The summed E-state index contributed by atoms with van der Waals surface area (Å²) in [5.74, 6) is -2.97. The minimum Gasteiger partial charge on any atom is -0.548 e. The number of sulfonamides is 1. The number of nitrogens with zero attached hydrogens (tertiary/aromatic N) is 1. The number of nitrogens with one attached hydrogen (secondary N) is 1. The lowest BCUT2D eigenvalue weighted by Crippen LogP contribution is -2.53. The Bertz CT molecular complexity index is 773. The SMILES string of the molecule is CC[C@@H](C)[C@H](NC(=O)C1CCN(S(=O)(=O)c2ccc(F)cc2)CC1)C(=O)[O-]. The van der Waals surface area contributed by atoms with Crippen molar-refractivity contribution >= 4 is 21.9 Å². The molecule has 1 N–H and O–H groups in total. The zero-order valence-electron chi connectivity index (χ0n) is 15.4. The Morgan fingerprint density at radius 3 is 2.30 bits per heavy atom. The van der Waals surface area contributed by atoms with Gasteiger partial charge in [-0.25, -0.2) is 12.8 Å². The van der Waals surface area contributed by atoms with E-state index in [4.69, 9.17) is 0 Å². The number of amides is 1. The van der Waals surface area contributed by atoms with Gasteiger partial charge >= 0.3 is 0 Å². The Balaban J connectivity index is 1.99. The Labute approximate surface area is 158 Å². The highest BCUT2D eigenvalue weighted by Gasteiger charge is 2.33. The smallest absolute Gasteiger partial charge is 0.243 e. The van der Waals surface area contributed by atoms with Crippen molar-refractivity contribution < 1.29 is 27.5 Å². The van der Waals surface area contributed by atoms with E-state index < -0.39 is 39.7 Å². The second kappa shape index (κ2) is 8.79. The van der Waals surface area contributed by atoms with Gasteiger partial charge < -0.3 is 15.2 Å². The third-order valence-corrected chi connectivity index (χ3v) is 6.95. The van der Waals surface area contributed by atoms with Gasteiger partial charge in [0.25, 0.3) is 0 Å². The molecule has 1 saturated heterocycles. The van der Waals surface area contributed by atoms with E-state index in [-0.39, 0.29) is 36.7 Å². The van der Waals surface area contributed by atoms with E-state index in [2.05, 4.69) is 5.32 Å². The maximum absolute atomic E-state index is 13.0. The van der Waals surface area contributed by atoms with Crippen LogP contribution in [0.15, 0.2) is 29.2 Å². The first kappa shape index (κ1) is 21.3. The average molecular weight is 399 g/mol. The van der Waals surface area contributed by atoms with Crippen LogP contribution in [-0.4, -0.2) is 43.7 Å². The number of piperidine rings is 1. The van der Waals surface area contributed by atoms with Gasteiger partial charge in [-0.2, -0.15) is 4.31 Å². The van der Waals surface area contributed by atoms with Crippen molar-refractivity contribution in [3.05, 3.63) is 30.1 Å². The fourth-order valence-corrected chi connectivity index (χ4v) is 4.52. The van der Waals surface area contributed by atoms with Crippen LogP contribution >= 0.6 is 0 Å². The van der Waals surface area contributed by atoms with Crippen molar-refractivity contribution in [3.8, 4) is 0 Å². The molecule has 1 aliphatic rings. The number of hydrogen-bond acceptors (Lipinski definition) is 5. The number of carboxylic acids is 1.